The summed E-state index contributed by atoms with van der Waals surface area (Å²) in [4.78, 5) is 57.8. The van der Waals surface area contributed by atoms with E-state index in [1.165, 1.54) is 7.11 Å². The van der Waals surface area contributed by atoms with Crippen LogP contribution in [0.4, 0.5) is 0 Å². The molecule has 2 fully saturated rings. The number of allylic oxidation sites excluding steroid dienone is 3. The summed E-state index contributed by atoms with van der Waals surface area (Å²) in [5.41, 5.74) is -1.09. The first kappa shape index (κ1) is 42.5. The lowest BCUT2D eigenvalue weighted by atomic mass is 9.52. The van der Waals surface area contributed by atoms with Crippen molar-refractivity contribution in [3.63, 3.8) is 0 Å². The number of hydrogen-bond donors (Lipinski definition) is 2. The maximum atomic E-state index is 14.8. The standard InChI is InChI=1S/C43H68O9/c1-11-51-42(9)23-36(47)39-29(7)21-31-34(45)20-26(4)13-12-14-28(6)33(44)22-30(25(2)3)35(46)24-43(31,40(49)50-10)32(39)19-27(5)15-16-37(48)41(8)18-17-38(42)52-41/h19,25-26,28,30-32,36-38,47-48H,11-18,20-24H2,1-10H3/b27-19+/t26-,28+,30-,31+,32-,36+,37+,38+,41-,42-,43+/m0/s1. The molecule has 52 heavy (non-hydrogen) atoms. The van der Waals surface area contributed by atoms with Crippen LogP contribution in [0.3, 0.4) is 0 Å². The summed E-state index contributed by atoms with van der Waals surface area (Å²) in [6, 6.07) is 0. The number of esters is 1. The monoisotopic (exact) mass is 728 g/mol. The Morgan fingerprint density at radius 1 is 0.981 bits per heavy atom. The molecule has 0 unspecified atom stereocenters. The molecule has 0 amide bonds. The van der Waals surface area contributed by atoms with Gasteiger partial charge in [0.25, 0.3) is 0 Å². The number of aliphatic hydroxyl groups excluding tert-OH is 2. The molecule has 4 aliphatic rings. The second kappa shape index (κ2) is 17.1. The van der Waals surface area contributed by atoms with Crippen molar-refractivity contribution in [3.05, 3.63) is 22.8 Å². The van der Waals surface area contributed by atoms with Gasteiger partial charge in [0.2, 0.25) is 0 Å². The van der Waals surface area contributed by atoms with Gasteiger partial charge in [-0.1, -0.05) is 57.8 Å². The highest BCUT2D eigenvalue weighted by Crippen LogP contribution is 2.56. The Kier molecular flexibility index (Phi) is 14.0. The third-order valence-electron chi connectivity index (χ3n) is 13.4. The number of rotatable bonds is 4. The molecule has 294 valence electrons. The summed E-state index contributed by atoms with van der Waals surface area (Å²) in [5.74, 6) is -3.66. The summed E-state index contributed by atoms with van der Waals surface area (Å²) in [6.45, 7) is 17.9. The first-order chi connectivity index (χ1) is 24.3. The molecule has 9 nitrogen and oxygen atoms in total. The van der Waals surface area contributed by atoms with Gasteiger partial charge in [0.1, 0.15) is 17.3 Å². The highest BCUT2D eigenvalue weighted by atomic mass is 16.6. The van der Waals surface area contributed by atoms with Gasteiger partial charge in [0, 0.05) is 56.0 Å². The van der Waals surface area contributed by atoms with Crippen LogP contribution in [-0.4, -0.2) is 76.8 Å². The van der Waals surface area contributed by atoms with E-state index in [2.05, 4.69) is 0 Å². The molecule has 2 aliphatic heterocycles. The minimum absolute atomic E-state index is 0.0194. The van der Waals surface area contributed by atoms with Gasteiger partial charge in [0.15, 0.2) is 0 Å². The number of hydrogen-bond acceptors (Lipinski definition) is 9. The number of ketones is 3. The van der Waals surface area contributed by atoms with Gasteiger partial charge in [-0.05, 0) is 90.6 Å². The Balaban J connectivity index is 2.00. The Bertz CT molecular complexity index is 1400. The van der Waals surface area contributed by atoms with E-state index < -0.39 is 58.7 Å². The summed E-state index contributed by atoms with van der Waals surface area (Å²) < 4.78 is 18.7. The molecule has 1 saturated carbocycles. The van der Waals surface area contributed by atoms with E-state index in [1.54, 1.807) is 0 Å². The highest BCUT2D eigenvalue weighted by Gasteiger charge is 2.60. The average molecular weight is 729 g/mol. The van der Waals surface area contributed by atoms with Crippen LogP contribution in [0.15, 0.2) is 22.8 Å². The van der Waals surface area contributed by atoms with Crippen LogP contribution in [0.25, 0.3) is 0 Å². The predicted octanol–water partition coefficient (Wildman–Crippen LogP) is 7.29. The first-order valence-electron chi connectivity index (χ1n) is 20.0. The lowest BCUT2D eigenvalue weighted by Crippen LogP contribution is -2.55. The number of carbonyl (C=O) groups is 4. The first-order valence-corrected chi connectivity index (χ1v) is 20.0. The minimum atomic E-state index is -1.66. The minimum Gasteiger partial charge on any atom is -0.469 e. The summed E-state index contributed by atoms with van der Waals surface area (Å²) >= 11 is 0. The predicted molar refractivity (Wildman–Crippen MR) is 200 cm³/mol. The molecule has 0 radical (unpaired) electrons. The van der Waals surface area contributed by atoms with Crippen molar-refractivity contribution in [1.29, 1.82) is 0 Å². The number of aliphatic hydroxyl groups is 2. The smallest absolute Gasteiger partial charge is 0.313 e. The van der Waals surface area contributed by atoms with Gasteiger partial charge in [-0.25, -0.2) is 0 Å². The molecule has 0 aromatic heterocycles. The molecule has 0 aromatic carbocycles. The van der Waals surface area contributed by atoms with Crippen molar-refractivity contribution in [2.24, 2.45) is 40.9 Å². The number of methoxy groups -OCH3 is 1. The lowest BCUT2D eigenvalue weighted by Gasteiger charge is -2.49. The van der Waals surface area contributed by atoms with Gasteiger partial charge in [-0.3, -0.25) is 19.2 Å². The normalized spacial score (nSPS) is 41.5. The fourth-order valence-electron chi connectivity index (χ4n) is 10.0. The fourth-order valence-corrected chi connectivity index (χ4v) is 10.0. The zero-order valence-electron chi connectivity index (χ0n) is 33.7. The van der Waals surface area contributed by atoms with Crippen LogP contribution in [0, 0.1) is 40.9 Å². The van der Waals surface area contributed by atoms with Crippen LogP contribution in [0.2, 0.25) is 0 Å². The molecular weight excluding hydrogens is 660 g/mol. The summed E-state index contributed by atoms with van der Waals surface area (Å²) in [7, 11) is 1.30. The molecule has 1 saturated heterocycles. The van der Waals surface area contributed by atoms with E-state index >= 15 is 0 Å². The van der Waals surface area contributed by atoms with Gasteiger partial charge in [0.05, 0.1) is 42.0 Å². The number of carbonyl (C=O) groups excluding carboxylic acids is 4. The van der Waals surface area contributed by atoms with Crippen LogP contribution < -0.4 is 0 Å². The van der Waals surface area contributed by atoms with E-state index in [4.69, 9.17) is 14.2 Å². The van der Waals surface area contributed by atoms with Crippen molar-refractivity contribution in [2.75, 3.05) is 13.7 Å². The molecule has 9 heteroatoms. The van der Waals surface area contributed by atoms with Gasteiger partial charge >= 0.3 is 5.97 Å². The fraction of sp³-hybridized carbons (Fsp3) is 0.814. The van der Waals surface area contributed by atoms with Crippen molar-refractivity contribution >= 4 is 23.3 Å². The maximum Gasteiger partial charge on any atom is 0.313 e. The molecule has 4 rings (SSSR count). The van der Waals surface area contributed by atoms with E-state index in [0.717, 1.165) is 24.0 Å². The van der Waals surface area contributed by atoms with Crippen molar-refractivity contribution in [1.82, 2.24) is 0 Å². The average Bonchev–Trinajstić information content (AvgIpc) is 3.49. The van der Waals surface area contributed by atoms with E-state index in [9.17, 15) is 29.4 Å². The summed E-state index contributed by atoms with van der Waals surface area (Å²) in [6.07, 6.45) is 4.53. The van der Waals surface area contributed by atoms with Crippen LogP contribution in [0.1, 0.15) is 139 Å². The molecule has 2 bridgehead atoms. The molecule has 2 heterocycles. The highest BCUT2D eigenvalue weighted by molar-refractivity contribution is 5.97. The van der Waals surface area contributed by atoms with Crippen LogP contribution in [0.5, 0.6) is 0 Å². The quantitative estimate of drug-likeness (QED) is 0.226. The Hall–Kier alpha value is -2.20. The second-order valence-corrected chi connectivity index (χ2v) is 17.8. The van der Waals surface area contributed by atoms with Gasteiger partial charge in [-0.15, -0.1) is 0 Å². The van der Waals surface area contributed by atoms with Crippen molar-refractivity contribution < 1.29 is 43.6 Å². The zero-order chi connectivity index (χ0) is 38.8. The second-order valence-electron chi connectivity index (χ2n) is 17.8. The molecular formula is C43H68O9. The van der Waals surface area contributed by atoms with Gasteiger partial charge in [-0.2, -0.15) is 0 Å². The van der Waals surface area contributed by atoms with Gasteiger partial charge < -0.3 is 24.4 Å². The number of fused-ring (bicyclic) bond motifs is 5. The molecule has 0 spiro atoms. The molecule has 2 N–H and O–H groups in total. The Labute approximate surface area is 312 Å². The van der Waals surface area contributed by atoms with E-state index in [0.29, 0.717) is 44.3 Å². The Morgan fingerprint density at radius 3 is 2.31 bits per heavy atom. The zero-order valence-corrected chi connectivity index (χ0v) is 33.7. The number of ether oxygens (including phenoxy) is 3. The third kappa shape index (κ3) is 8.68. The van der Waals surface area contributed by atoms with Crippen LogP contribution in [-0.2, 0) is 33.4 Å². The largest absolute Gasteiger partial charge is 0.469 e. The topological polar surface area (TPSA) is 136 Å². The molecule has 11 atom stereocenters. The van der Waals surface area contributed by atoms with Crippen molar-refractivity contribution in [3.8, 4) is 0 Å². The molecule has 0 aromatic rings. The Morgan fingerprint density at radius 2 is 1.67 bits per heavy atom. The number of Topliss-reactive ketones (excluding diaryl/α,β-unsaturated/α-hetero) is 3. The van der Waals surface area contributed by atoms with E-state index in [1.807, 2.05) is 68.4 Å². The SMILES string of the molecule is CCO[C@@]1(C)C[C@@H](O)C2=C(C)C[C@@H]3C(=O)C[C@@H](C)CCC[C@@H](C)C(=O)C[C@@H](C(C)C)C(=O)C[C@]3(C(=O)OC)[C@H]2/C=C(\C)CC[C@@H](O)[C@]2(C)CC[C@H]1O2. The lowest BCUT2D eigenvalue weighted by molar-refractivity contribution is -0.183. The van der Waals surface area contributed by atoms with Crippen LogP contribution >= 0.6 is 0 Å². The van der Waals surface area contributed by atoms with E-state index in [-0.39, 0.29) is 67.2 Å². The third-order valence-corrected chi connectivity index (χ3v) is 13.4. The maximum absolute atomic E-state index is 14.8. The molecule has 2 aliphatic carbocycles. The van der Waals surface area contributed by atoms with Crippen molar-refractivity contribution in [2.45, 2.75) is 169 Å². The summed E-state index contributed by atoms with van der Waals surface area (Å²) in [5, 5.41) is 24.0.